The van der Waals surface area contributed by atoms with Crippen LogP contribution in [0.1, 0.15) is 33.6 Å². The van der Waals surface area contributed by atoms with Crippen molar-refractivity contribution in [3.05, 3.63) is 0 Å². The number of carbonyl (C=O) groups excluding carboxylic acids is 1. The molecular weight excluding hydrogens is 216 g/mol. The van der Waals surface area contributed by atoms with Crippen molar-refractivity contribution < 1.29 is 4.79 Å². The number of likely N-dealkylation sites (tertiary alicyclic amines) is 1. The molecule has 0 aliphatic carbocycles. The van der Waals surface area contributed by atoms with Gasteiger partial charge in [-0.15, -0.1) is 0 Å². The maximum Gasteiger partial charge on any atom is 0.241 e. The normalized spacial score (nSPS) is 17.2. The average molecular weight is 240 g/mol. The van der Waals surface area contributed by atoms with Crippen LogP contribution in [0.15, 0.2) is 4.99 Å². The monoisotopic (exact) mass is 240 g/mol. The molecule has 17 heavy (non-hydrogen) atoms. The summed E-state index contributed by atoms with van der Waals surface area (Å²) in [5, 5.41) is 6.27. The third-order valence-electron chi connectivity index (χ3n) is 2.58. The Hall–Kier alpha value is -1.26. The molecule has 1 rings (SSSR count). The molecule has 0 aromatic rings. The lowest BCUT2D eigenvalue weighted by Gasteiger charge is -2.24. The van der Waals surface area contributed by atoms with Gasteiger partial charge < -0.3 is 15.5 Å². The zero-order valence-corrected chi connectivity index (χ0v) is 11.3. The van der Waals surface area contributed by atoms with Gasteiger partial charge in [0, 0.05) is 25.7 Å². The lowest BCUT2D eigenvalue weighted by atomic mass is 10.1. The van der Waals surface area contributed by atoms with Gasteiger partial charge in [0.2, 0.25) is 5.91 Å². The lowest BCUT2D eigenvalue weighted by Crippen LogP contribution is -2.50. The molecule has 5 heteroatoms. The molecule has 1 aliphatic rings. The van der Waals surface area contributed by atoms with Gasteiger partial charge in [-0.25, -0.2) is 0 Å². The van der Waals surface area contributed by atoms with Gasteiger partial charge in [0.25, 0.3) is 0 Å². The Labute approximate surface area is 104 Å². The van der Waals surface area contributed by atoms with Crippen molar-refractivity contribution in [2.75, 3.05) is 26.7 Å². The van der Waals surface area contributed by atoms with Crippen molar-refractivity contribution in [2.24, 2.45) is 4.99 Å². The van der Waals surface area contributed by atoms with E-state index in [-0.39, 0.29) is 11.4 Å². The highest BCUT2D eigenvalue weighted by Gasteiger charge is 2.18. The van der Waals surface area contributed by atoms with Gasteiger partial charge in [-0.2, -0.15) is 0 Å². The van der Waals surface area contributed by atoms with E-state index in [1.54, 1.807) is 7.05 Å². The van der Waals surface area contributed by atoms with Gasteiger partial charge >= 0.3 is 0 Å². The molecule has 1 heterocycles. The van der Waals surface area contributed by atoms with Crippen molar-refractivity contribution >= 4 is 11.9 Å². The number of nitrogens with zero attached hydrogens (tertiary/aromatic N) is 2. The summed E-state index contributed by atoms with van der Waals surface area (Å²) in [5.74, 6) is 0.824. The predicted molar refractivity (Wildman–Crippen MR) is 70.1 cm³/mol. The molecule has 0 radical (unpaired) electrons. The molecule has 1 fully saturated rings. The largest absolute Gasteiger partial charge is 0.352 e. The first kappa shape index (κ1) is 13.8. The van der Waals surface area contributed by atoms with E-state index in [4.69, 9.17) is 0 Å². The molecule has 0 saturated carbocycles. The van der Waals surface area contributed by atoms with E-state index in [0.717, 1.165) is 25.9 Å². The Morgan fingerprint density at radius 3 is 2.35 bits per heavy atom. The molecular formula is C12H24N4O. The Balaban J connectivity index is 2.35. The van der Waals surface area contributed by atoms with Crippen LogP contribution in [0.4, 0.5) is 0 Å². The van der Waals surface area contributed by atoms with Crippen LogP contribution in [-0.4, -0.2) is 49.0 Å². The van der Waals surface area contributed by atoms with Crippen LogP contribution in [0, 0.1) is 0 Å². The minimum atomic E-state index is -0.0570. The summed E-state index contributed by atoms with van der Waals surface area (Å²) in [7, 11) is 1.71. The molecule has 0 unspecified atom stereocenters. The van der Waals surface area contributed by atoms with E-state index >= 15 is 0 Å². The van der Waals surface area contributed by atoms with E-state index in [0.29, 0.717) is 12.5 Å². The Kier molecular flexibility index (Phi) is 4.78. The van der Waals surface area contributed by atoms with Crippen LogP contribution in [0.25, 0.3) is 0 Å². The lowest BCUT2D eigenvalue weighted by molar-refractivity contribution is -0.128. The van der Waals surface area contributed by atoms with Crippen molar-refractivity contribution in [3.8, 4) is 0 Å². The second kappa shape index (κ2) is 5.89. The van der Waals surface area contributed by atoms with Crippen LogP contribution in [-0.2, 0) is 4.79 Å². The smallest absolute Gasteiger partial charge is 0.241 e. The van der Waals surface area contributed by atoms with E-state index < -0.39 is 0 Å². The van der Waals surface area contributed by atoms with Crippen LogP contribution in [0.2, 0.25) is 0 Å². The van der Waals surface area contributed by atoms with Gasteiger partial charge in [0.1, 0.15) is 0 Å². The summed E-state index contributed by atoms with van der Waals surface area (Å²) in [6.07, 6.45) is 2.25. The highest BCUT2D eigenvalue weighted by atomic mass is 16.2. The fourth-order valence-electron chi connectivity index (χ4n) is 1.77. The van der Waals surface area contributed by atoms with Gasteiger partial charge in [0.15, 0.2) is 5.96 Å². The van der Waals surface area contributed by atoms with E-state index in [2.05, 4.69) is 36.4 Å². The predicted octanol–water partition coefficient (Wildman–Crippen LogP) is 0.572. The molecule has 2 N–H and O–H groups in total. The maximum absolute atomic E-state index is 11.8. The molecule has 0 bridgehead atoms. The quantitative estimate of drug-likeness (QED) is 0.548. The van der Waals surface area contributed by atoms with Crippen molar-refractivity contribution in [1.29, 1.82) is 0 Å². The Morgan fingerprint density at radius 2 is 1.88 bits per heavy atom. The first-order valence-electron chi connectivity index (χ1n) is 6.19. The Bertz CT molecular complexity index is 287. The summed E-state index contributed by atoms with van der Waals surface area (Å²) in [6.45, 7) is 8.28. The van der Waals surface area contributed by atoms with Crippen LogP contribution >= 0.6 is 0 Å². The number of aliphatic imine (C=N–C) groups is 1. The zero-order valence-electron chi connectivity index (χ0n) is 11.3. The minimum Gasteiger partial charge on any atom is -0.352 e. The first-order chi connectivity index (χ1) is 7.92. The topological polar surface area (TPSA) is 56.7 Å². The standard InChI is InChI=1S/C12H24N4O/c1-12(2,3)15-11(13-4)14-9-10(17)16-7-5-6-8-16/h5-9H2,1-4H3,(H2,13,14,15). The molecule has 1 saturated heterocycles. The number of hydrogen-bond donors (Lipinski definition) is 2. The Morgan fingerprint density at radius 1 is 1.29 bits per heavy atom. The van der Waals surface area contributed by atoms with E-state index in [1.807, 2.05) is 4.90 Å². The van der Waals surface area contributed by atoms with Crippen LogP contribution < -0.4 is 10.6 Å². The average Bonchev–Trinajstić information content (AvgIpc) is 2.75. The van der Waals surface area contributed by atoms with E-state index in [9.17, 15) is 4.79 Å². The van der Waals surface area contributed by atoms with Crippen molar-refractivity contribution in [3.63, 3.8) is 0 Å². The van der Waals surface area contributed by atoms with E-state index in [1.165, 1.54) is 0 Å². The molecule has 1 amide bonds. The number of nitrogens with one attached hydrogen (secondary N) is 2. The number of amides is 1. The fourth-order valence-corrected chi connectivity index (χ4v) is 1.77. The highest BCUT2D eigenvalue weighted by molar-refractivity contribution is 5.86. The molecule has 5 nitrogen and oxygen atoms in total. The maximum atomic E-state index is 11.8. The minimum absolute atomic E-state index is 0.0570. The third-order valence-corrected chi connectivity index (χ3v) is 2.58. The molecule has 98 valence electrons. The summed E-state index contributed by atoms with van der Waals surface area (Å²) >= 11 is 0. The number of carbonyl (C=O) groups is 1. The van der Waals surface area contributed by atoms with Crippen molar-refractivity contribution in [1.82, 2.24) is 15.5 Å². The highest BCUT2D eigenvalue weighted by Crippen LogP contribution is 2.06. The SMILES string of the molecule is CN=C(NCC(=O)N1CCCC1)NC(C)(C)C. The fraction of sp³-hybridized carbons (Fsp3) is 0.833. The summed E-state index contributed by atoms with van der Waals surface area (Å²) < 4.78 is 0. The molecule has 1 aliphatic heterocycles. The first-order valence-corrected chi connectivity index (χ1v) is 6.19. The number of guanidine groups is 1. The molecule has 0 spiro atoms. The van der Waals surface area contributed by atoms with Crippen LogP contribution in [0.5, 0.6) is 0 Å². The zero-order chi connectivity index (χ0) is 12.9. The van der Waals surface area contributed by atoms with Crippen molar-refractivity contribution in [2.45, 2.75) is 39.2 Å². The van der Waals surface area contributed by atoms with Gasteiger partial charge in [-0.1, -0.05) is 0 Å². The molecule has 0 aromatic carbocycles. The second-order valence-electron chi connectivity index (χ2n) is 5.39. The summed E-state index contributed by atoms with van der Waals surface area (Å²) in [6, 6.07) is 0. The third kappa shape index (κ3) is 5.06. The summed E-state index contributed by atoms with van der Waals surface area (Å²) in [4.78, 5) is 17.8. The number of rotatable bonds is 2. The van der Waals surface area contributed by atoms with Crippen LogP contribution in [0.3, 0.4) is 0 Å². The molecule has 0 atom stereocenters. The summed E-state index contributed by atoms with van der Waals surface area (Å²) in [5.41, 5.74) is -0.0570. The van der Waals surface area contributed by atoms with Gasteiger partial charge in [-0.05, 0) is 33.6 Å². The second-order valence-corrected chi connectivity index (χ2v) is 5.39. The van der Waals surface area contributed by atoms with Gasteiger partial charge in [0.05, 0.1) is 6.54 Å². The molecule has 0 aromatic heterocycles. The van der Waals surface area contributed by atoms with Gasteiger partial charge in [-0.3, -0.25) is 9.79 Å². The number of hydrogen-bond acceptors (Lipinski definition) is 2.